The Labute approximate surface area is 101 Å². The van der Waals surface area contributed by atoms with E-state index in [-0.39, 0.29) is 26.9 Å². The topological polar surface area (TPSA) is 0 Å². The molecule has 1 aromatic carbocycles. The zero-order chi connectivity index (χ0) is 8.65. The fourth-order valence-corrected chi connectivity index (χ4v) is 0.991. The van der Waals surface area contributed by atoms with E-state index in [4.69, 9.17) is 0 Å². The zero-order valence-corrected chi connectivity index (χ0v) is 10.3. The van der Waals surface area contributed by atoms with Gasteiger partial charge in [-0.3, -0.25) is 0 Å². The summed E-state index contributed by atoms with van der Waals surface area (Å²) in [5.41, 5.74) is 0. The molecule has 0 amide bonds. The Morgan fingerprint density at radius 1 is 1.07 bits per heavy atom. The van der Waals surface area contributed by atoms with Gasteiger partial charge in [-0.1, -0.05) is 24.3 Å². The summed E-state index contributed by atoms with van der Waals surface area (Å²) in [4.78, 5) is 0. The van der Waals surface area contributed by atoms with Gasteiger partial charge in [0.05, 0.1) is 0 Å². The molecule has 2 rings (SSSR count). The van der Waals surface area contributed by atoms with Crippen molar-refractivity contribution < 1.29 is 19.5 Å². The third-order valence-electron chi connectivity index (χ3n) is 1.72. The average Bonchev–Trinajstić information content (AvgIpc) is 2.81. The predicted octanol–water partition coefficient (Wildman–Crippen LogP) is 3.81. The number of hydrogen-bond acceptors (Lipinski definition) is 0. The van der Waals surface area contributed by atoms with Crippen LogP contribution in [-0.2, 0) is 19.5 Å². The van der Waals surface area contributed by atoms with Crippen LogP contribution in [0.2, 0.25) is 0 Å². The largest absolute Gasteiger partial charge is 3.00 e. The fourth-order valence-electron chi connectivity index (χ4n) is 0.991. The molecule has 1 radical (unpaired) electrons. The first kappa shape index (κ1) is 15.9. The van der Waals surface area contributed by atoms with Crippen LogP contribution in [0.15, 0.2) is 54.6 Å². The molecule has 1 aromatic rings. The van der Waals surface area contributed by atoms with Gasteiger partial charge < -0.3 is 14.4 Å². The molecule has 14 heavy (non-hydrogen) atoms. The van der Waals surface area contributed by atoms with Crippen LogP contribution in [0.1, 0.15) is 6.42 Å². The molecular formula is C13H17Ru. The van der Waals surface area contributed by atoms with E-state index in [1.807, 2.05) is 30.3 Å². The first-order chi connectivity index (χ1) is 5.93. The summed E-state index contributed by atoms with van der Waals surface area (Å²) in [6.07, 6.45) is 9.44. The molecule has 77 valence electrons. The van der Waals surface area contributed by atoms with Crippen LogP contribution >= 0.6 is 0 Å². The Balaban J connectivity index is 0. The average molecular weight is 274 g/mol. The van der Waals surface area contributed by atoms with Crippen LogP contribution in [0.4, 0.5) is 0 Å². The summed E-state index contributed by atoms with van der Waals surface area (Å²) in [6, 6.07) is 10.0. The van der Waals surface area contributed by atoms with Gasteiger partial charge >= 0.3 is 19.5 Å². The molecule has 0 aromatic heterocycles. The van der Waals surface area contributed by atoms with Crippen molar-refractivity contribution in [2.75, 3.05) is 0 Å². The fraction of sp³-hybridized carbons (Fsp3) is 0.154. The molecule has 0 nitrogen and oxygen atoms in total. The SMILES string of the molecule is [CH2-]CC1C=CC=C1.[CH3-].[Ru+3].c1cc[cH-]c1. The molecule has 0 atom stereocenters. The molecule has 0 saturated heterocycles. The number of rotatable bonds is 1. The minimum Gasteiger partial charge on any atom is -0.358 e. The maximum Gasteiger partial charge on any atom is 3.00 e. The molecule has 0 N–H and O–H groups in total. The van der Waals surface area contributed by atoms with Crippen molar-refractivity contribution in [1.29, 1.82) is 0 Å². The van der Waals surface area contributed by atoms with E-state index in [0.29, 0.717) is 5.92 Å². The minimum atomic E-state index is 0. The third-order valence-corrected chi connectivity index (χ3v) is 1.72. The van der Waals surface area contributed by atoms with Gasteiger partial charge in [-0.25, -0.2) is 12.1 Å². The van der Waals surface area contributed by atoms with E-state index >= 15 is 0 Å². The molecule has 0 bridgehead atoms. The molecule has 0 spiro atoms. The van der Waals surface area contributed by atoms with E-state index in [1.54, 1.807) is 0 Å². The molecule has 1 aliphatic rings. The standard InChI is InChI=1S/C7H9.C5H5.CH3.Ru/c1-2-7-5-3-4-6-7;1-2-4-5-3-1;;/h3-7H,1-2H2;1-5H;1H3;/q3*-1;+3. The first-order valence-electron chi connectivity index (χ1n) is 4.24. The molecular weight excluding hydrogens is 257 g/mol. The molecule has 0 saturated carbocycles. The maximum atomic E-state index is 3.77. The van der Waals surface area contributed by atoms with Gasteiger partial charge in [0.25, 0.3) is 0 Å². The van der Waals surface area contributed by atoms with Gasteiger partial charge in [-0.15, -0.1) is 0 Å². The summed E-state index contributed by atoms with van der Waals surface area (Å²) in [5.74, 6) is 0.625. The summed E-state index contributed by atoms with van der Waals surface area (Å²) in [5, 5.41) is 0. The Kier molecular flexibility index (Phi) is 12.0. The van der Waals surface area contributed by atoms with E-state index in [2.05, 4.69) is 31.2 Å². The minimum absolute atomic E-state index is 0. The van der Waals surface area contributed by atoms with Crippen molar-refractivity contribution in [2.24, 2.45) is 5.92 Å². The summed E-state index contributed by atoms with van der Waals surface area (Å²) in [6.45, 7) is 3.77. The second-order valence-corrected chi connectivity index (χ2v) is 2.68. The quantitative estimate of drug-likeness (QED) is 0.539. The Hall–Kier alpha value is -0.547. The summed E-state index contributed by atoms with van der Waals surface area (Å²) < 4.78 is 0. The van der Waals surface area contributed by atoms with Crippen LogP contribution in [0.5, 0.6) is 0 Å². The van der Waals surface area contributed by atoms with E-state index in [0.717, 1.165) is 6.42 Å². The summed E-state index contributed by atoms with van der Waals surface area (Å²) >= 11 is 0. The van der Waals surface area contributed by atoms with Crippen LogP contribution in [0.25, 0.3) is 0 Å². The van der Waals surface area contributed by atoms with Crippen molar-refractivity contribution in [2.45, 2.75) is 6.42 Å². The Bertz CT molecular complexity index is 203. The van der Waals surface area contributed by atoms with E-state index in [9.17, 15) is 0 Å². The molecule has 0 unspecified atom stereocenters. The van der Waals surface area contributed by atoms with Gasteiger partial charge in [-0.05, 0) is 5.92 Å². The molecule has 0 heterocycles. The van der Waals surface area contributed by atoms with Gasteiger partial charge in [0.15, 0.2) is 0 Å². The van der Waals surface area contributed by atoms with E-state index < -0.39 is 0 Å². The molecule has 1 aliphatic carbocycles. The van der Waals surface area contributed by atoms with Crippen molar-refractivity contribution in [3.8, 4) is 0 Å². The second kappa shape index (κ2) is 10.5. The van der Waals surface area contributed by atoms with Crippen LogP contribution < -0.4 is 0 Å². The normalized spacial score (nSPS) is 12.4. The molecule has 0 fully saturated rings. The van der Waals surface area contributed by atoms with Gasteiger partial charge in [0.2, 0.25) is 0 Å². The number of allylic oxidation sites excluding steroid dienone is 4. The molecule has 0 aliphatic heterocycles. The van der Waals surface area contributed by atoms with Crippen molar-refractivity contribution >= 4 is 0 Å². The van der Waals surface area contributed by atoms with Crippen molar-refractivity contribution in [3.05, 3.63) is 69.0 Å². The van der Waals surface area contributed by atoms with E-state index in [1.165, 1.54) is 0 Å². The van der Waals surface area contributed by atoms with Gasteiger partial charge in [0.1, 0.15) is 0 Å². The van der Waals surface area contributed by atoms with Crippen molar-refractivity contribution in [1.82, 2.24) is 0 Å². The second-order valence-electron chi connectivity index (χ2n) is 2.68. The molecule has 1 heteroatoms. The Morgan fingerprint density at radius 3 is 1.79 bits per heavy atom. The zero-order valence-electron chi connectivity index (χ0n) is 8.54. The van der Waals surface area contributed by atoms with Gasteiger partial charge in [0, 0.05) is 0 Å². The van der Waals surface area contributed by atoms with Crippen LogP contribution in [-0.4, -0.2) is 0 Å². The predicted molar refractivity (Wildman–Crippen MR) is 60.2 cm³/mol. The van der Waals surface area contributed by atoms with Crippen molar-refractivity contribution in [3.63, 3.8) is 0 Å². The Morgan fingerprint density at radius 2 is 1.57 bits per heavy atom. The smallest absolute Gasteiger partial charge is 0.358 e. The monoisotopic (exact) mass is 275 g/mol. The van der Waals surface area contributed by atoms with Gasteiger partial charge in [-0.2, -0.15) is 24.6 Å². The van der Waals surface area contributed by atoms with Crippen LogP contribution in [0, 0.1) is 20.3 Å². The van der Waals surface area contributed by atoms with Crippen LogP contribution in [0.3, 0.4) is 0 Å². The first-order valence-corrected chi connectivity index (χ1v) is 4.24. The number of hydrogen-bond donors (Lipinski definition) is 0. The third kappa shape index (κ3) is 6.91. The summed E-state index contributed by atoms with van der Waals surface area (Å²) in [7, 11) is 0. The maximum absolute atomic E-state index is 3.77.